The van der Waals surface area contributed by atoms with E-state index in [1.807, 2.05) is 31.2 Å². The highest BCUT2D eigenvalue weighted by atomic mass is 32.2. The third kappa shape index (κ3) is 3.89. The number of nitrogens with two attached hydrogens (primary N) is 1. The van der Waals surface area contributed by atoms with E-state index in [0.717, 1.165) is 5.56 Å². The molecule has 2 unspecified atom stereocenters. The van der Waals surface area contributed by atoms with Crippen molar-refractivity contribution in [2.24, 2.45) is 5.73 Å². The fraction of sp³-hybridized carbons (Fsp3) is 0.250. The molecule has 0 radical (unpaired) electrons. The minimum Gasteiger partial charge on any atom is -0.494 e. The Morgan fingerprint density at radius 2 is 1.86 bits per heavy atom. The predicted molar refractivity (Wildman–Crippen MR) is 82.2 cm³/mol. The van der Waals surface area contributed by atoms with E-state index in [0.29, 0.717) is 12.4 Å². The van der Waals surface area contributed by atoms with Gasteiger partial charge in [0, 0.05) is 17.4 Å². The first-order valence-corrected chi connectivity index (χ1v) is 8.05. The Balaban J connectivity index is 2.17. The van der Waals surface area contributed by atoms with E-state index >= 15 is 0 Å². The predicted octanol–water partition coefficient (Wildman–Crippen LogP) is 3.03. The summed E-state index contributed by atoms with van der Waals surface area (Å²) in [5, 5.41) is 0. The molecule has 5 heteroatoms. The van der Waals surface area contributed by atoms with E-state index in [2.05, 4.69) is 0 Å². The second kappa shape index (κ2) is 7.33. The number of rotatable bonds is 6. The molecule has 0 aliphatic rings. The van der Waals surface area contributed by atoms with E-state index in [4.69, 9.17) is 10.5 Å². The Morgan fingerprint density at radius 3 is 2.57 bits per heavy atom. The Morgan fingerprint density at radius 1 is 1.19 bits per heavy atom. The molecular formula is C16H18FNO2S. The highest BCUT2D eigenvalue weighted by molar-refractivity contribution is 7.85. The van der Waals surface area contributed by atoms with Crippen LogP contribution < -0.4 is 10.5 Å². The molecule has 0 spiro atoms. The Kier molecular flexibility index (Phi) is 5.47. The Hall–Kier alpha value is -1.72. The quantitative estimate of drug-likeness (QED) is 0.892. The molecule has 2 N–H and O–H groups in total. The van der Waals surface area contributed by atoms with E-state index in [-0.39, 0.29) is 10.6 Å². The van der Waals surface area contributed by atoms with Gasteiger partial charge in [0.25, 0.3) is 0 Å². The molecule has 0 saturated carbocycles. The van der Waals surface area contributed by atoms with Crippen molar-refractivity contribution in [1.29, 1.82) is 0 Å². The van der Waals surface area contributed by atoms with Gasteiger partial charge >= 0.3 is 0 Å². The lowest BCUT2D eigenvalue weighted by Crippen LogP contribution is -2.19. The van der Waals surface area contributed by atoms with E-state index in [1.54, 1.807) is 12.1 Å². The van der Waals surface area contributed by atoms with E-state index < -0.39 is 22.7 Å². The van der Waals surface area contributed by atoms with Gasteiger partial charge in [-0.1, -0.05) is 30.3 Å². The largest absolute Gasteiger partial charge is 0.494 e. The van der Waals surface area contributed by atoms with Crippen molar-refractivity contribution in [1.82, 2.24) is 0 Å². The minimum atomic E-state index is -1.49. The smallest absolute Gasteiger partial charge is 0.139 e. The van der Waals surface area contributed by atoms with E-state index in [9.17, 15) is 8.60 Å². The van der Waals surface area contributed by atoms with Crippen LogP contribution in [0.15, 0.2) is 53.4 Å². The number of benzene rings is 2. The first kappa shape index (κ1) is 15.7. The van der Waals surface area contributed by atoms with Crippen LogP contribution in [-0.4, -0.2) is 16.6 Å². The van der Waals surface area contributed by atoms with Crippen molar-refractivity contribution >= 4 is 10.8 Å². The summed E-state index contributed by atoms with van der Waals surface area (Å²) in [4.78, 5) is 0.182. The van der Waals surface area contributed by atoms with Crippen molar-refractivity contribution in [2.75, 3.05) is 12.4 Å². The lowest BCUT2D eigenvalue weighted by atomic mass is 10.1. The highest BCUT2D eigenvalue weighted by Gasteiger charge is 2.17. The average molecular weight is 307 g/mol. The first-order chi connectivity index (χ1) is 10.1. The molecule has 0 heterocycles. The van der Waals surface area contributed by atoms with Gasteiger partial charge in [-0.05, 0) is 25.1 Å². The molecule has 3 nitrogen and oxygen atoms in total. The average Bonchev–Trinajstić information content (AvgIpc) is 2.48. The van der Waals surface area contributed by atoms with Crippen LogP contribution in [0.3, 0.4) is 0 Å². The van der Waals surface area contributed by atoms with Crippen LogP contribution in [0.2, 0.25) is 0 Å². The van der Waals surface area contributed by atoms with Crippen LogP contribution in [0.4, 0.5) is 4.39 Å². The lowest BCUT2D eigenvalue weighted by Gasteiger charge is -2.16. The van der Waals surface area contributed by atoms with Crippen LogP contribution >= 0.6 is 0 Å². The molecule has 2 rings (SSSR count). The molecule has 0 aromatic heterocycles. The van der Waals surface area contributed by atoms with Crippen molar-refractivity contribution in [3.05, 3.63) is 59.9 Å². The van der Waals surface area contributed by atoms with Crippen molar-refractivity contribution in [2.45, 2.75) is 17.9 Å². The second-order valence-electron chi connectivity index (χ2n) is 4.52. The van der Waals surface area contributed by atoms with Gasteiger partial charge in [-0.15, -0.1) is 0 Å². The summed E-state index contributed by atoms with van der Waals surface area (Å²) >= 11 is 0. The van der Waals surface area contributed by atoms with Gasteiger partial charge in [0.15, 0.2) is 0 Å². The van der Waals surface area contributed by atoms with Crippen molar-refractivity contribution < 1.29 is 13.3 Å². The molecule has 0 bridgehead atoms. The zero-order valence-electron chi connectivity index (χ0n) is 11.8. The molecule has 2 aromatic rings. The summed E-state index contributed by atoms with van der Waals surface area (Å²) in [6.45, 7) is 2.42. The fourth-order valence-corrected chi connectivity index (χ4v) is 3.25. The minimum absolute atomic E-state index is 0.144. The zero-order chi connectivity index (χ0) is 15.2. The highest BCUT2D eigenvalue weighted by Crippen LogP contribution is 2.25. The third-order valence-corrected chi connectivity index (χ3v) is 4.51. The second-order valence-corrected chi connectivity index (χ2v) is 5.98. The SMILES string of the molecule is CCOc1ccccc1C(N)CS(=O)c1ccccc1F. The van der Waals surface area contributed by atoms with Crippen LogP contribution in [0.5, 0.6) is 5.75 Å². The topological polar surface area (TPSA) is 52.3 Å². The molecule has 0 fully saturated rings. The van der Waals surface area contributed by atoms with Crippen LogP contribution in [-0.2, 0) is 10.8 Å². The van der Waals surface area contributed by atoms with Gasteiger partial charge in [0.05, 0.1) is 22.3 Å². The summed E-state index contributed by atoms with van der Waals surface area (Å²) in [6, 6.07) is 12.9. The Bertz CT molecular complexity index is 633. The summed E-state index contributed by atoms with van der Waals surface area (Å²) in [7, 11) is -1.49. The van der Waals surface area contributed by atoms with E-state index in [1.165, 1.54) is 12.1 Å². The van der Waals surface area contributed by atoms with Gasteiger partial charge in [0.2, 0.25) is 0 Å². The Labute approximate surface area is 126 Å². The molecule has 2 aromatic carbocycles. The molecule has 0 aliphatic carbocycles. The number of para-hydroxylation sites is 1. The van der Waals surface area contributed by atoms with Gasteiger partial charge in [-0.25, -0.2) is 4.39 Å². The fourth-order valence-electron chi connectivity index (χ4n) is 2.05. The summed E-state index contributed by atoms with van der Waals surface area (Å²) in [6.07, 6.45) is 0. The van der Waals surface area contributed by atoms with Gasteiger partial charge in [-0.3, -0.25) is 4.21 Å². The molecule has 21 heavy (non-hydrogen) atoms. The van der Waals surface area contributed by atoms with Crippen molar-refractivity contribution in [3.8, 4) is 5.75 Å². The zero-order valence-corrected chi connectivity index (χ0v) is 12.6. The molecule has 0 amide bonds. The van der Waals surface area contributed by atoms with Crippen molar-refractivity contribution in [3.63, 3.8) is 0 Å². The van der Waals surface area contributed by atoms with Crippen LogP contribution in [0, 0.1) is 5.82 Å². The van der Waals surface area contributed by atoms with Gasteiger partial charge in [-0.2, -0.15) is 0 Å². The molecular weight excluding hydrogens is 289 g/mol. The third-order valence-electron chi connectivity index (χ3n) is 3.03. The van der Waals surface area contributed by atoms with Crippen LogP contribution in [0.1, 0.15) is 18.5 Å². The lowest BCUT2D eigenvalue weighted by molar-refractivity contribution is 0.335. The molecule has 0 saturated heterocycles. The molecule has 112 valence electrons. The van der Waals surface area contributed by atoms with Crippen LogP contribution in [0.25, 0.3) is 0 Å². The maximum atomic E-state index is 13.6. The number of hydrogen-bond acceptors (Lipinski definition) is 3. The number of halogens is 1. The summed E-state index contributed by atoms with van der Waals surface area (Å²) in [5.74, 6) is 0.351. The molecule has 2 atom stereocenters. The number of hydrogen-bond donors (Lipinski definition) is 1. The monoisotopic (exact) mass is 307 g/mol. The maximum Gasteiger partial charge on any atom is 0.139 e. The maximum absolute atomic E-state index is 13.6. The molecule has 0 aliphatic heterocycles. The van der Waals surface area contributed by atoms with Gasteiger partial charge < -0.3 is 10.5 Å². The number of ether oxygens (including phenoxy) is 1. The van der Waals surface area contributed by atoms with Gasteiger partial charge in [0.1, 0.15) is 11.6 Å². The summed E-state index contributed by atoms with van der Waals surface area (Å²) < 4.78 is 31.4. The standard InChI is InChI=1S/C16H18FNO2S/c1-2-20-15-9-5-3-7-12(15)14(18)11-21(19)16-10-6-4-8-13(16)17/h3-10,14H,2,11,18H2,1H3. The summed E-state index contributed by atoms with van der Waals surface area (Å²) in [5.41, 5.74) is 6.90. The first-order valence-electron chi connectivity index (χ1n) is 6.73. The normalized spacial score (nSPS) is 13.7.